The Labute approximate surface area is 245 Å². The highest BCUT2D eigenvalue weighted by Gasteiger charge is 2.33. The van der Waals surface area contributed by atoms with Crippen molar-refractivity contribution in [2.45, 2.75) is 26.8 Å². The van der Waals surface area contributed by atoms with Crippen molar-refractivity contribution in [3.63, 3.8) is 0 Å². The summed E-state index contributed by atoms with van der Waals surface area (Å²) in [4.78, 5) is 43.3. The van der Waals surface area contributed by atoms with Gasteiger partial charge in [-0.2, -0.15) is 0 Å². The van der Waals surface area contributed by atoms with Crippen LogP contribution in [-0.2, 0) is 14.3 Å². The van der Waals surface area contributed by atoms with Crippen LogP contribution in [0.3, 0.4) is 0 Å². The summed E-state index contributed by atoms with van der Waals surface area (Å²) in [5, 5.41) is 0. The molecule has 0 N–H and O–H groups in total. The Balaban J connectivity index is 1.54. The van der Waals surface area contributed by atoms with Crippen LogP contribution in [-0.4, -0.2) is 30.2 Å². The summed E-state index contributed by atoms with van der Waals surface area (Å²) in [5.41, 5.74) is 1.93. The molecule has 0 spiro atoms. The highest BCUT2D eigenvalue weighted by atomic mass is 32.1. The summed E-state index contributed by atoms with van der Waals surface area (Å²) in [6.07, 6.45) is 1.74. The van der Waals surface area contributed by atoms with Crippen LogP contribution in [0.4, 0.5) is 0 Å². The van der Waals surface area contributed by atoms with E-state index < -0.39 is 18.0 Å². The topological polar surface area (TPSA) is 105 Å². The van der Waals surface area contributed by atoms with Crippen LogP contribution in [0.1, 0.15) is 37.9 Å². The molecular weight excluding hydrogens is 556 g/mol. The number of benzene rings is 3. The maximum absolute atomic E-state index is 13.8. The van der Waals surface area contributed by atoms with Gasteiger partial charge in [-0.3, -0.25) is 14.2 Å². The molecule has 2 heterocycles. The van der Waals surface area contributed by atoms with Crippen molar-refractivity contribution in [1.82, 2.24) is 4.57 Å². The number of rotatable bonds is 8. The number of ether oxygens (including phenoxy) is 4. The second-order valence-corrected chi connectivity index (χ2v) is 10.3. The van der Waals surface area contributed by atoms with Crippen LogP contribution >= 0.6 is 11.3 Å². The molecule has 1 aliphatic heterocycles. The first-order valence-corrected chi connectivity index (χ1v) is 14.0. The lowest BCUT2D eigenvalue weighted by Crippen LogP contribution is -2.39. The molecule has 1 aliphatic rings. The maximum atomic E-state index is 13.8. The SMILES string of the molecule is CCOC(=O)C1=C(C)N=c2sc(=Cc3ccc(OC(C)=O)cc3)c(=O)n2C1c1ccc(Oc2ccc(OC)cc2)cc1. The first-order chi connectivity index (χ1) is 20.3. The average Bonchev–Trinajstić information content (AvgIpc) is 3.28. The molecule has 0 saturated heterocycles. The molecular formula is C32H28N2O7S. The number of methoxy groups -OCH3 is 1. The predicted molar refractivity (Wildman–Crippen MR) is 158 cm³/mol. The summed E-state index contributed by atoms with van der Waals surface area (Å²) >= 11 is 1.23. The minimum Gasteiger partial charge on any atom is -0.497 e. The maximum Gasteiger partial charge on any atom is 0.338 e. The highest BCUT2D eigenvalue weighted by molar-refractivity contribution is 7.07. The number of fused-ring (bicyclic) bond motifs is 1. The van der Waals surface area contributed by atoms with Gasteiger partial charge in [0.05, 0.1) is 35.6 Å². The molecule has 0 amide bonds. The summed E-state index contributed by atoms with van der Waals surface area (Å²) < 4.78 is 23.6. The zero-order chi connectivity index (χ0) is 29.8. The van der Waals surface area contributed by atoms with Gasteiger partial charge >= 0.3 is 11.9 Å². The molecule has 1 unspecified atom stereocenters. The van der Waals surface area contributed by atoms with E-state index in [1.54, 1.807) is 75.6 Å². The van der Waals surface area contributed by atoms with Crippen molar-refractivity contribution < 1.29 is 28.5 Å². The number of carbonyl (C=O) groups is 2. The number of hydrogen-bond donors (Lipinski definition) is 0. The number of thiazole rings is 1. The molecule has 3 aromatic carbocycles. The lowest BCUT2D eigenvalue weighted by molar-refractivity contribution is -0.139. The molecule has 42 heavy (non-hydrogen) atoms. The van der Waals surface area contributed by atoms with Gasteiger partial charge in [0.15, 0.2) is 4.80 Å². The third-order valence-corrected chi connectivity index (χ3v) is 7.43. The molecule has 10 heteroatoms. The summed E-state index contributed by atoms with van der Waals surface area (Å²) in [6.45, 7) is 4.99. The van der Waals surface area contributed by atoms with E-state index in [-0.39, 0.29) is 12.2 Å². The molecule has 0 saturated carbocycles. The van der Waals surface area contributed by atoms with Crippen molar-refractivity contribution in [3.05, 3.63) is 115 Å². The lowest BCUT2D eigenvalue weighted by Gasteiger charge is -2.24. The van der Waals surface area contributed by atoms with Crippen molar-refractivity contribution in [2.75, 3.05) is 13.7 Å². The van der Waals surface area contributed by atoms with Crippen LogP contribution in [0.15, 0.2) is 93.9 Å². The smallest absolute Gasteiger partial charge is 0.338 e. The van der Waals surface area contributed by atoms with E-state index in [4.69, 9.17) is 18.9 Å². The number of allylic oxidation sites excluding steroid dienone is 1. The van der Waals surface area contributed by atoms with Crippen LogP contribution in [0.25, 0.3) is 6.08 Å². The largest absolute Gasteiger partial charge is 0.497 e. The number of esters is 2. The van der Waals surface area contributed by atoms with Gasteiger partial charge in [-0.25, -0.2) is 9.79 Å². The summed E-state index contributed by atoms with van der Waals surface area (Å²) in [6, 6.07) is 20.5. The second kappa shape index (κ2) is 12.3. The summed E-state index contributed by atoms with van der Waals surface area (Å²) in [7, 11) is 1.60. The van der Waals surface area contributed by atoms with Gasteiger partial charge in [0, 0.05) is 6.92 Å². The van der Waals surface area contributed by atoms with Gasteiger partial charge in [0.2, 0.25) is 0 Å². The van der Waals surface area contributed by atoms with Crippen LogP contribution in [0.2, 0.25) is 0 Å². The Kier molecular flexibility index (Phi) is 8.35. The van der Waals surface area contributed by atoms with Crippen molar-refractivity contribution in [3.8, 4) is 23.0 Å². The van der Waals surface area contributed by atoms with E-state index in [0.29, 0.717) is 43.4 Å². The molecule has 0 radical (unpaired) electrons. The van der Waals surface area contributed by atoms with Gasteiger partial charge in [-0.05, 0) is 79.6 Å². The monoisotopic (exact) mass is 584 g/mol. The average molecular weight is 585 g/mol. The van der Waals surface area contributed by atoms with E-state index in [1.807, 2.05) is 24.3 Å². The van der Waals surface area contributed by atoms with Gasteiger partial charge in [-0.15, -0.1) is 0 Å². The highest BCUT2D eigenvalue weighted by Crippen LogP contribution is 2.32. The zero-order valence-corrected chi connectivity index (χ0v) is 24.3. The van der Waals surface area contributed by atoms with E-state index in [1.165, 1.54) is 22.8 Å². The minimum absolute atomic E-state index is 0.185. The van der Waals surface area contributed by atoms with E-state index in [0.717, 1.165) is 11.3 Å². The Morgan fingerprint density at radius 2 is 1.52 bits per heavy atom. The Bertz CT molecular complexity index is 1840. The standard InChI is InChI=1S/C32H28N2O7S/c1-5-39-31(37)28-19(2)33-32-34(30(36)27(42-32)18-21-6-10-24(11-7-21)40-20(3)35)29(28)22-8-12-25(13-9-22)41-26-16-14-23(38-4)15-17-26/h6-18,29H,5H2,1-4H3. The Hall–Kier alpha value is -4.96. The molecule has 4 aromatic rings. The normalized spacial score (nSPS) is 14.6. The van der Waals surface area contributed by atoms with Crippen LogP contribution < -0.4 is 29.1 Å². The number of aromatic nitrogens is 1. The first kappa shape index (κ1) is 28.6. The number of carbonyl (C=O) groups excluding carboxylic acids is 2. The van der Waals surface area contributed by atoms with Crippen LogP contribution in [0, 0.1) is 0 Å². The van der Waals surface area contributed by atoms with Crippen molar-refractivity contribution in [2.24, 2.45) is 4.99 Å². The number of nitrogens with zero attached hydrogens (tertiary/aromatic N) is 2. The van der Waals surface area contributed by atoms with Crippen molar-refractivity contribution in [1.29, 1.82) is 0 Å². The molecule has 9 nitrogen and oxygen atoms in total. The molecule has 0 bridgehead atoms. The molecule has 0 aliphatic carbocycles. The Morgan fingerprint density at radius 1 is 0.929 bits per heavy atom. The van der Waals surface area contributed by atoms with E-state index >= 15 is 0 Å². The third kappa shape index (κ3) is 6.03. The molecule has 214 valence electrons. The van der Waals surface area contributed by atoms with Crippen LogP contribution in [0.5, 0.6) is 23.0 Å². The van der Waals surface area contributed by atoms with Gasteiger partial charge in [0.25, 0.3) is 5.56 Å². The predicted octanol–water partition coefficient (Wildman–Crippen LogP) is 4.52. The molecule has 1 atom stereocenters. The van der Waals surface area contributed by atoms with E-state index in [9.17, 15) is 14.4 Å². The fourth-order valence-corrected chi connectivity index (χ4v) is 5.60. The fraction of sp³-hybridized carbons (Fsp3) is 0.188. The Morgan fingerprint density at radius 3 is 2.12 bits per heavy atom. The zero-order valence-electron chi connectivity index (χ0n) is 23.5. The molecule has 1 aromatic heterocycles. The van der Waals surface area contributed by atoms with Gasteiger partial charge in [-0.1, -0.05) is 35.6 Å². The quantitative estimate of drug-likeness (QED) is 0.221. The summed E-state index contributed by atoms with van der Waals surface area (Å²) in [5.74, 6) is 1.42. The van der Waals surface area contributed by atoms with E-state index in [2.05, 4.69) is 4.99 Å². The minimum atomic E-state index is -0.746. The van der Waals surface area contributed by atoms with Crippen molar-refractivity contribution >= 4 is 29.4 Å². The molecule has 0 fully saturated rings. The second-order valence-electron chi connectivity index (χ2n) is 9.31. The third-order valence-electron chi connectivity index (χ3n) is 6.45. The number of hydrogen-bond acceptors (Lipinski definition) is 9. The van der Waals surface area contributed by atoms with Gasteiger partial charge in [0.1, 0.15) is 23.0 Å². The lowest BCUT2D eigenvalue weighted by atomic mass is 9.96. The fourth-order valence-electron chi connectivity index (χ4n) is 4.55. The molecule has 5 rings (SSSR count). The first-order valence-electron chi connectivity index (χ1n) is 13.2. The van der Waals surface area contributed by atoms with Gasteiger partial charge < -0.3 is 18.9 Å².